The Morgan fingerprint density at radius 1 is 0.960 bits per heavy atom. The molecule has 2 aromatic rings. The zero-order valence-corrected chi connectivity index (χ0v) is 16.4. The van der Waals surface area contributed by atoms with Gasteiger partial charge in [-0.2, -0.15) is 0 Å². The third-order valence-corrected chi connectivity index (χ3v) is 9.58. The van der Waals surface area contributed by atoms with E-state index in [1.165, 1.54) is 0 Å². The van der Waals surface area contributed by atoms with Crippen molar-refractivity contribution in [1.29, 1.82) is 0 Å². The minimum atomic E-state index is -2.65. The number of aliphatic hydroxyl groups is 1. The van der Waals surface area contributed by atoms with Gasteiger partial charge in [0.25, 0.3) is 8.32 Å². The highest BCUT2D eigenvalue weighted by atomic mass is 28.4. The zero-order chi connectivity index (χ0) is 18.3. The van der Waals surface area contributed by atoms with Gasteiger partial charge in [0.1, 0.15) is 6.17 Å². The van der Waals surface area contributed by atoms with Crippen LogP contribution in [0.3, 0.4) is 0 Å². The summed E-state index contributed by atoms with van der Waals surface area (Å²) in [6.07, 6.45) is -0.270. The van der Waals surface area contributed by atoms with E-state index in [1.54, 1.807) is 0 Å². The molecule has 0 heterocycles. The Bertz CT molecular complexity index is 586. The molecule has 0 radical (unpaired) electrons. The number of benzene rings is 2. The first kappa shape index (κ1) is 19.8. The highest BCUT2D eigenvalue weighted by molar-refractivity contribution is 6.99. The molecule has 1 unspecified atom stereocenters. The number of hydrogen-bond acceptors (Lipinski definition) is 2. The maximum Gasteiger partial charge on any atom is 0.261 e. The molecule has 0 bridgehead atoms. The van der Waals surface area contributed by atoms with Gasteiger partial charge < -0.3 is 9.53 Å². The molecule has 25 heavy (non-hydrogen) atoms. The van der Waals surface area contributed by atoms with Crippen molar-refractivity contribution in [3.05, 3.63) is 60.7 Å². The minimum Gasteiger partial charge on any atom is -0.404 e. The third kappa shape index (κ3) is 4.57. The smallest absolute Gasteiger partial charge is 0.261 e. The molecule has 0 aromatic heterocycles. The van der Waals surface area contributed by atoms with Gasteiger partial charge in [-0.3, -0.25) is 0 Å². The molecular weight excluding hydrogens is 331 g/mol. The van der Waals surface area contributed by atoms with E-state index in [2.05, 4.69) is 45.0 Å². The molecule has 0 saturated carbocycles. The van der Waals surface area contributed by atoms with E-state index in [0.717, 1.165) is 10.4 Å². The van der Waals surface area contributed by atoms with Gasteiger partial charge in [0.05, 0.1) is 6.61 Å². The van der Waals surface area contributed by atoms with E-state index in [9.17, 15) is 4.39 Å². The summed E-state index contributed by atoms with van der Waals surface area (Å²) in [5, 5.41) is 11.1. The summed E-state index contributed by atoms with van der Waals surface area (Å²) in [5.74, 6) is 0. The predicted molar refractivity (Wildman–Crippen MR) is 105 cm³/mol. The van der Waals surface area contributed by atoms with Crippen LogP contribution in [0.1, 0.15) is 33.6 Å². The minimum absolute atomic E-state index is 0.0135. The molecule has 2 aromatic carbocycles. The largest absolute Gasteiger partial charge is 0.404 e. The normalized spacial score (nSPS) is 13.6. The average Bonchev–Trinajstić information content (AvgIpc) is 2.61. The quantitative estimate of drug-likeness (QED) is 0.728. The summed E-state index contributed by atoms with van der Waals surface area (Å²) in [5.41, 5.74) is 0. The summed E-state index contributed by atoms with van der Waals surface area (Å²) in [6, 6.07) is 20.5. The SMILES string of the molecule is CC(C)(C)[Si](OCC(F)CCCO)(c1ccccc1)c1ccccc1. The van der Waals surface area contributed by atoms with Crippen LogP contribution in [0.15, 0.2) is 60.7 Å². The molecular formula is C21H29FO2Si. The van der Waals surface area contributed by atoms with Crippen molar-refractivity contribution >= 4 is 18.7 Å². The van der Waals surface area contributed by atoms with Crippen molar-refractivity contribution in [1.82, 2.24) is 0 Å². The molecule has 2 nitrogen and oxygen atoms in total. The molecule has 0 saturated heterocycles. The Labute approximate surface area is 151 Å². The van der Waals surface area contributed by atoms with E-state index in [4.69, 9.17) is 9.53 Å². The van der Waals surface area contributed by atoms with E-state index in [-0.39, 0.29) is 18.3 Å². The third-order valence-electron chi connectivity index (χ3n) is 4.57. The predicted octanol–water partition coefficient (Wildman–Crippen LogP) is 3.67. The lowest BCUT2D eigenvalue weighted by molar-refractivity contribution is 0.166. The second-order valence-electron chi connectivity index (χ2n) is 7.44. The van der Waals surface area contributed by atoms with Crippen molar-refractivity contribution in [2.75, 3.05) is 13.2 Å². The molecule has 1 N–H and O–H groups in total. The van der Waals surface area contributed by atoms with Crippen LogP contribution < -0.4 is 10.4 Å². The number of hydrogen-bond donors (Lipinski definition) is 1. The highest BCUT2D eigenvalue weighted by Gasteiger charge is 2.50. The molecule has 136 valence electrons. The molecule has 4 heteroatoms. The lowest BCUT2D eigenvalue weighted by atomic mass is 10.2. The fourth-order valence-corrected chi connectivity index (χ4v) is 7.96. The molecule has 0 amide bonds. The molecule has 2 rings (SSSR count). The second-order valence-corrected chi connectivity index (χ2v) is 11.7. The Morgan fingerprint density at radius 3 is 1.84 bits per heavy atom. The summed E-state index contributed by atoms with van der Waals surface area (Å²) in [7, 11) is -2.65. The molecule has 1 atom stereocenters. The van der Waals surface area contributed by atoms with Gasteiger partial charge in [0.15, 0.2) is 0 Å². The summed E-state index contributed by atoms with van der Waals surface area (Å²) < 4.78 is 20.8. The Morgan fingerprint density at radius 2 is 1.44 bits per heavy atom. The van der Waals surface area contributed by atoms with Crippen LogP contribution in [0.2, 0.25) is 5.04 Å². The van der Waals surface area contributed by atoms with Gasteiger partial charge >= 0.3 is 0 Å². The lowest BCUT2D eigenvalue weighted by Gasteiger charge is -2.43. The van der Waals surface area contributed by atoms with Crippen LogP contribution in [0.4, 0.5) is 4.39 Å². The standard InChI is InChI=1S/C21H29FO2Si/c1-21(2,3)25(19-12-6-4-7-13-19,20-14-8-5-9-15-20)24-17-18(22)11-10-16-23/h4-9,12-15,18,23H,10-11,16-17H2,1-3H3. The van der Waals surface area contributed by atoms with Gasteiger partial charge in [0, 0.05) is 6.61 Å². The molecule has 0 aliphatic rings. The van der Waals surface area contributed by atoms with Crippen LogP contribution in [0.25, 0.3) is 0 Å². The van der Waals surface area contributed by atoms with Crippen molar-refractivity contribution in [2.24, 2.45) is 0 Å². The lowest BCUT2D eigenvalue weighted by Crippen LogP contribution is -2.67. The van der Waals surface area contributed by atoms with Gasteiger partial charge in [-0.15, -0.1) is 0 Å². The first-order valence-corrected chi connectivity index (χ1v) is 10.8. The van der Waals surface area contributed by atoms with Crippen LogP contribution in [0.5, 0.6) is 0 Å². The van der Waals surface area contributed by atoms with Crippen LogP contribution >= 0.6 is 0 Å². The molecule has 0 aliphatic heterocycles. The fourth-order valence-electron chi connectivity index (χ4n) is 3.37. The first-order chi connectivity index (χ1) is 11.9. The Balaban J connectivity index is 2.46. The summed E-state index contributed by atoms with van der Waals surface area (Å²) in [4.78, 5) is 0. The second kappa shape index (κ2) is 8.74. The maximum absolute atomic E-state index is 14.3. The van der Waals surface area contributed by atoms with E-state index in [1.807, 2.05) is 36.4 Å². The van der Waals surface area contributed by atoms with E-state index < -0.39 is 14.5 Å². The van der Waals surface area contributed by atoms with Crippen molar-refractivity contribution in [3.63, 3.8) is 0 Å². The number of halogens is 1. The molecule has 0 spiro atoms. The zero-order valence-electron chi connectivity index (χ0n) is 15.4. The number of aliphatic hydroxyl groups excluding tert-OH is 1. The van der Waals surface area contributed by atoms with Crippen molar-refractivity contribution < 1.29 is 13.9 Å². The topological polar surface area (TPSA) is 29.5 Å². The Kier molecular flexibility index (Phi) is 6.93. The summed E-state index contributed by atoms with van der Waals surface area (Å²) >= 11 is 0. The van der Waals surface area contributed by atoms with Crippen molar-refractivity contribution in [3.8, 4) is 0 Å². The highest BCUT2D eigenvalue weighted by Crippen LogP contribution is 2.36. The van der Waals surface area contributed by atoms with Crippen molar-refractivity contribution in [2.45, 2.75) is 44.8 Å². The molecule has 0 fully saturated rings. The maximum atomic E-state index is 14.3. The Hall–Kier alpha value is -1.49. The van der Waals surface area contributed by atoms with Gasteiger partial charge in [-0.1, -0.05) is 81.4 Å². The number of alkyl halides is 1. The van der Waals surface area contributed by atoms with Crippen LogP contribution in [-0.4, -0.2) is 32.8 Å². The molecule has 0 aliphatic carbocycles. The van der Waals surface area contributed by atoms with Gasteiger partial charge in [-0.25, -0.2) is 4.39 Å². The van der Waals surface area contributed by atoms with E-state index in [0.29, 0.717) is 12.8 Å². The monoisotopic (exact) mass is 360 g/mol. The van der Waals surface area contributed by atoms with Crippen LogP contribution in [-0.2, 0) is 4.43 Å². The van der Waals surface area contributed by atoms with Crippen LogP contribution in [0, 0.1) is 0 Å². The number of rotatable bonds is 8. The summed E-state index contributed by atoms with van der Waals surface area (Å²) in [6.45, 7) is 6.62. The van der Waals surface area contributed by atoms with Gasteiger partial charge in [-0.05, 0) is 28.3 Å². The van der Waals surface area contributed by atoms with E-state index >= 15 is 0 Å². The average molecular weight is 361 g/mol. The first-order valence-electron chi connectivity index (χ1n) is 8.92. The van der Waals surface area contributed by atoms with Gasteiger partial charge in [0.2, 0.25) is 0 Å². The fraction of sp³-hybridized carbons (Fsp3) is 0.429.